The number of benzene rings is 1. The molecule has 0 aliphatic carbocycles. The van der Waals surface area contributed by atoms with Crippen LogP contribution in [0.4, 0.5) is 0 Å². The monoisotopic (exact) mass is 358 g/mol. The maximum absolute atomic E-state index is 5.47. The SMILES string of the molecule is COc1cc(CN2CCC3(CCNC3)C2)c(SC)cc1OC.Cl. The van der Waals surface area contributed by atoms with E-state index < -0.39 is 0 Å². The molecular formula is C17H27ClN2O2S. The first-order valence-corrected chi connectivity index (χ1v) is 9.14. The second kappa shape index (κ2) is 7.97. The average Bonchev–Trinajstić information content (AvgIpc) is 3.17. The topological polar surface area (TPSA) is 33.7 Å². The molecule has 0 aromatic heterocycles. The zero-order chi connectivity index (χ0) is 15.6. The number of hydrogen-bond acceptors (Lipinski definition) is 5. The van der Waals surface area contributed by atoms with Crippen LogP contribution in [0, 0.1) is 5.41 Å². The average molecular weight is 359 g/mol. The van der Waals surface area contributed by atoms with Crippen LogP contribution in [0.1, 0.15) is 18.4 Å². The number of thioether (sulfide) groups is 1. The lowest BCUT2D eigenvalue weighted by Crippen LogP contribution is -2.29. The van der Waals surface area contributed by atoms with Crippen LogP contribution in [-0.4, -0.2) is 51.6 Å². The van der Waals surface area contributed by atoms with Crippen molar-refractivity contribution in [2.45, 2.75) is 24.3 Å². The van der Waals surface area contributed by atoms with E-state index in [9.17, 15) is 0 Å². The minimum Gasteiger partial charge on any atom is -0.493 e. The van der Waals surface area contributed by atoms with Gasteiger partial charge in [0.1, 0.15) is 0 Å². The summed E-state index contributed by atoms with van der Waals surface area (Å²) in [6.07, 6.45) is 4.77. The number of rotatable bonds is 5. The minimum atomic E-state index is 0. The highest BCUT2D eigenvalue weighted by atomic mass is 35.5. The van der Waals surface area contributed by atoms with Crippen molar-refractivity contribution in [2.24, 2.45) is 5.41 Å². The summed E-state index contributed by atoms with van der Waals surface area (Å²) in [5.74, 6) is 1.64. The van der Waals surface area contributed by atoms with Crippen LogP contribution in [0.2, 0.25) is 0 Å². The Balaban J connectivity index is 0.00000192. The highest BCUT2D eigenvalue weighted by Crippen LogP contribution is 2.39. The van der Waals surface area contributed by atoms with Crippen molar-refractivity contribution >= 4 is 24.2 Å². The number of likely N-dealkylation sites (tertiary alicyclic amines) is 1. The molecular weight excluding hydrogens is 332 g/mol. The first-order valence-electron chi connectivity index (χ1n) is 7.92. The van der Waals surface area contributed by atoms with Crippen molar-refractivity contribution in [2.75, 3.05) is 46.7 Å². The van der Waals surface area contributed by atoms with Gasteiger partial charge in [0.25, 0.3) is 0 Å². The van der Waals surface area contributed by atoms with Crippen LogP contribution in [-0.2, 0) is 6.54 Å². The fraction of sp³-hybridized carbons (Fsp3) is 0.647. The van der Waals surface area contributed by atoms with Gasteiger partial charge in [0.05, 0.1) is 14.2 Å². The number of nitrogens with one attached hydrogen (secondary N) is 1. The number of ether oxygens (including phenoxy) is 2. The lowest BCUT2D eigenvalue weighted by molar-refractivity contribution is 0.266. The molecule has 0 radical (unpaired) electrons. The third-order valence-corrected chi connectivity index (χ3v) is 5.85. The van der Waals surface area contributed by atoms with Gasteiger partial charge in [-0.25, -0.2) is 0 Å². The van der Waals surface area contributed by atoms with Crippen LogP contribution >= 0.6 is 24.2 Å². The predicted octanol–water partition coefficient (Wildman–Crippen LogP) is 3.03. The fourth-order valence-corrected chi connectivity index (χ4v) is 4.37. The molecule has 1 N–H and O–H groups in total. The van der Waals surface area contributed by atoms with E-state index in [1.54, 1.807) is 26.0 Å². The first kappa shape index (κ1) is 18.7. The van der Waals surface area contributed by atoms with Crippen molar-refractivity contribution in [3.63, 3.8) is 0 Å². The van der Waals surface area contributed by atoms with Gasteiger partial charge in [-0.2, -0.15) is 0 Å². The van der Waals surface area contributed by atoms with Gasteiger partial charge in [-0.15, -0.1) is 24.2 Å². The Labute approximate surface area is 149 Å². The smallest absolute Gasteiger partial charge is 0.161 e. The number of nitrogens with zero attached hydrogens (tertiary/aromatic N) is 1. The molecule has 0 saturated carbocycles. The summed E-state index contributed by atoms with van der Waals surface area (Å²) in [5, 5.41) is 3.53. The van der Waals surface area contributed by atoms with Crippen LogP contribution < -0.4 is 14.8 Å². The number of hydrogen-bond donors (Lipinski definition) is 1. The molecule has 4 nitrogen and oxygen atoms in total. The van der Waals surface area contributed by atoms with E-state index in [0.717, 1.165) is 18.0 Å². The molecule has 2 heterocycles. The van der Waals surface area contributed by atoms with Gasteiger partial charge in [-0.1, -0.05) is 0 Å². The van der Waals surface area contributed by atoms with E-state index in [2.05, 4.69) is 28.6 Å². The van der Waals surface area contributed by atoms with Gasteiger partial charge in [-0.3, -0.25) is 4.90 Å². The van der Waals surface area contributed by atoms with E-state index in [0.29, 0.717) is 5.41 Å². The molecule has 1 aromatic rings. The van der Waals surface area contributed by atoms with E-state index in [1.807, 2.05) is 0 Å². The van der Waals surface area contributed by atoms with E-state index in [-0.39, 0.29) is 12.4 Å². The van der Waals surface area contributed by atoms with Crippen LogP contribution in [0.3, 0.4) is 0 Å². The molecule has 2 fully saturated rings. The summed E-state index contributed by atoms with van der Waals surface area (Å²) in [6.45, 7) is 5.77. The zero-order valence-electron chi connectivity index (χ0n) is 14.2. The maximum Gasteiger partial charge on any atom is 0.161 e. The minimum absolute atomic E-state index is 0. The summed E-state index contributed by atoms with van der Waals surface area (Å²) >= 11 is 1.78. The Morgan fingerprint density at radius 3 is 2.57 bits per heavy atom. The van der Waals surface area contributed by atoms with Crippen LogP contribution in [0.5, 0.6) is 11.5 Å². The zero-order valence-corrected chi connectivity index (χ0v) is 15.8. The molecule has 2 aliphatic heterocycles. The standard InChI is InChI=1S/C17H26N2O2S.ClH/c1-20-14-8-13(16(22-3)9-15(14)21-2)10-19-7-5-17(12-19)4-6-18-11-17;/h8-9,18H,4-7,10-12H2,1-3H3;1H. The Kier molecular flexibility index (Phi) is 6.48. The largest absolute Gasteiger partial charge is 0.493 e. The molecule has 1 unspecified atom stereocenters. The summed E-state index contributed by atoms with van der Waals surface area (Å²) in [5.41, 5.74) is 1.86. The molecule has 23 heavy (non-hydrogen) atoms. The third kappa shape index (κ3) is 3.90. The second-order valence-electron chi connectivity index (χ2n) is 6.41. The lowest BCUT2D eigenvalue weighted by Gasteiger charge is -2.23. The summed E-state index contributed by atoms with van der Waals surface area (Å²) in [6, 6.07) is 4.24. The molecule has 1 aromatic carbocycles. The molecule has 2 aliphatic rings. The Morgan fingerprint density at radius 2 is 1.96 bits per heavy atom. The Morgan fingerprint density at radius 1 is 1.22 bits per heavy atom. The van der Waals surface area contributed by atoms with Crippen molar-refractivity contribution < 1.29 is 9.47 Å². The van der Waals surface area contributed by atoms with E-state index >= 15 is 0 Å². The molecule has 1 atom stereocenters. The summed E-state index contributed by atoms with van der Waals surface area (Å²) < 4.78 is 10.9. The predicted molar refractivity (Wildman–Crippen MR) is 98.4 cm³/mol. The second-order valence-corrected chi connectivity index (χ2v) is 7.25. The number of halogens is 1. The maximum atomic E-state index is 5.47. The molecule has 2 saturated heterocycles. The van der Waals surface area contributed by atoms with Gasteiger partial charge in [-0.05, 0) is 55.3 Å². The van der Waals surface area contributed by atoms with Gasteiger partial charge in [0.2, 0.25) is 0 Å². The summed E-state index contributed by atoms with van der Waals surface area (Å²) in [4.78, 5) is 3.87. The first-order chi connectivity index (χ1) is 10.7. The van der Waals surface area contributed by atoms with E-state index in [4.69, 9.17) is 9.47 Å². The fourth-order valence-electron chi connectivity index (χ4n) is 3.76. The van der Waals surface area contributed by atoms with Crippen molar-refractivity contribution in [1.29, 1.82) is 0 Å². The van der Waals surface area contributed by atoms with Crippen molar-refractivity contribution in [3.8, 4) is 11.5 Å². The molecule has 1 spiro atoms. The number of methoxy groups -OCH3 is 2. The third-order valence-electron chi connectivity index (χ3n) is 5.03. The highest BCUT2D eigenvalue weighted by Gasteiger charge is 2.40. The van der Waals surface area contributed by atoms with Gasteiger partial charge < -0.3 is 14.8 Å². The normalized spacial score (nSPS) is 24.0. The molecule has 0 amide bonds. The van der Waals surface area contributed by atoms with Crippen LogP contribution in [0.25, 0.3) is 0 Å². The molecule has 130 valence electrons. The van der Waals surface area contributed by atoms with Gasteiger partial charge in [0, 0.05) is 24.5 Å². The van der Waals surface area contributed by atoms with E-state index in [1.165, 1.54) is 49.5 Å². The van der Waals surface area contributed by atoms with Crippen molar-refractivity contribution in [1.82, 2.24) is 10.2 Å². The Bertz CT molecular complexity index is 536. The summed E-state index contributed by atoms with van der Waals surface area (Å²) in [7, 11) is 3.40. The van der Waals surface area contributed by atoms with Gasteiger partial charge in [0.15, 0.2) is 11.5 Å². The molecule has 3 rings (SSSR count). The molecule has 0 bridgehead atoms. The quantitative estimate of drug-likeness (QED) is 0.818. The van der Waals surface area contributed by atoms with Gasteiger partial charge >= 0.3 is 0 Å². The lowest BCUT2D eigenvalue weighted by atomic mass is 9.86. The Hall–Kier alpha value is -0.620. The van der Waals surface area contributed by atoms with Crippen molar-refractivity contribution in [3.05, 3.63) is 17.7 Å². The van der Waals surface area contributed by atoms with Crippen LogP contribution in [0.15, 0.2) is 17.0 Å². The highest BCUT2D eigenvalue weighted by molar-refractivity contribution is 7.98. The molecule has 6 heteroatoms.